The van der Waals surface area contributed by atoms with Crippen LogP contribution < -0.4 is 10.7 Å². The minimum Gasteiger partial charge on any atom is -0.451 e. The van der Waals surface area contributed by atoms with Gasteiger partial charge in [-0.25, -0.2) is 9.67 Å². The van der Waals surface area contributed by atoms with Gasteiger partial charge in [0.15, 0.2) is 17.0 Å². The van der Waals surface area contributed by atoms with E-state index in [0.717, 1.165) is 0 Å². The Morgan fingerprint density at radius 2 is 2.04 bits per heavy atom. The molecule has 8 heteroatoms. The van der Waals surface area contributed by atoms with Gasteiger partial charge in [0, 0.05) is 12.3 Å². The molecule has 0 bridgehead atoms. The molecule has 0 atom stereocenters. The van der Waals surface area contributed by atoms with E-state index in [1.54, 1.807) is 48.8 Å². The topological polar surface area (TPSA) is 90.0 Å². The van der Waals surface area contributed by atoms with Crippen molar-refractivity contribution in [1.82, 2.24) is 14.8 Å². The summed E-state index contributed by atoms with van der Waals surface area (Å²) in [5.41, 5.74) is 0.450. The Morgan fingerprint density at radius 1 is 1.19 bits per heavy atom. The first-order valence-electron chi connectivity index (χ1n) is 7.61. The van der Waals surface area contributed by atoms with Crippen molar-refractivity contribution < 1.29 is 9.21 Å². The van der Waals surface area contributed by atoms with Gasteiger partial charge in [0.05, 0.1) is 28.5 Å². The van der Waals surface area contributed by atoms with Gasteiger partial charge in [0.2, 0.25) is 0 Å². The molecular weight excluding hydrogens is 356 g/mol. The molecule has 0 aliphatic carbocycles. The number of benzene rings is 1. The van der Waals surface area contributed by atoms with Crippen molar-refractivity contribution in [2.75, 3.05) is 5.32 Å². The average Bonchev–Trinajstić information content (AvgIpc) is 3.08. The maximum Gasteiger partial charge on any atom is 0.291 e. The van der Waals surface area contributed by atoms with Crippen LogP contribution in [0.15, 0.2) is 70.3 Å². The second kappa shape index (κ2) is 6.45. The highest BCUT2D eigenvalue weighted by Gasteiger charge is 2.15. The van der Waals surface area contributed by atoms with Gasteiger partial charge in [0.1, 0.15) is 5.58 Å². The Hall–Kier alpha value is -3.45. The molecule has 0 fully saturated rings. The molecule has 3 aromatic heterocycles. The minimum atomic E-state index is -0.569. The summed E-state index contributed by atoms with van der Waals surface area (Å²) < 4.78 is 6.99. The number of hydrogen-bond donors (Lipinski definition) is 1. The lowest BCUT2D eigenvalue weighted by molar-refractivity contribution is 0.0997. The fourth-order valence-corrected chi connectivity index (χ4v) is 2.63. The minimum absolute atomic E-state index is 0.0954. The van der Waals surface area contributed by atoms with E-state index in [9.17, 15) is 9.59 Å². The summed E-state index contributed by atoms with van der Waals surface area (Å²) in [7, 11) is 0. The third kappa shape index (κ3) is 2.96. The summed E-state index contributed by atoms with van der Waals surface area (Å²) in [6, 6.07) is 11.2. The van der Waals surface area contributed by atoms with Crippen molar-refractivity contribution in [2.45, 2.75) is 0 Å². The van der Waals surface area contributed by atoms with Crippen molar-refractivity contribution in [3.8, 4) is 5.82 Å². The lowest BCUT2D eigenvalue weighted by Gasteiger charge is -2.09. The molecule has 0 spiro atoms. The van der Waals surface area contributed by atoms with E-state index in [4.69, 9.17) is 16.0 Å². The van der Waals surface area contributed by atoms with Gasteiger partial charge in [-0.1, -0.05) is 23.7 Å². The van der Waals surface area contributed by atoms with Gasteiger partial charge < -0.3 is 9.73 Å². The number of nitrogens with zero attached hydrogens (tertiary/aromatic N) is 3. The average molecular weight is 367 g/mol. The first kappa shape index (κ1) is 16.0. The fourth-order valence-electron chi connectivity index (χ4n) is 2.49. The number of carbonyl (C=O) groups is 1. The Balaban J connectivity index is 1.71. The molecule has 0 radical (unpaired) electrons. The molecule has 4 rings (SSSR count). The quantitative estimate of drug-likeness (QED) is 0.601. The van der Waals surface area contributed by atoms with E-state index in [0.29, 0.717) is 27.5 Å². The van der Waals surface area contributed by atoms with Gasteiger partial charge in [-0.2, -0.15) is 5.10 Å². The number of hydrogen-bond acceptors (Lipinski definition) is 5. The number of carbonyl (C=O) groups excluding carboxylic acids is 1. The van der Waals surface area contributed by atoms with Crippen LogP contribution in [0.3, 0.4) is 0 Å². The highest BCUT2D eigenvalue weighted by molar-refractivity contribution is 6.30. The molecule has 3 heterocycles. The third-order valence-corrected chi connectivity index (χ3v) is 3.86. The van der Waals surface area contributed by atoms with Crippen LogP contribution in [0.25, 0.3) is 16.8 Å². The van der Waals surface area contributed by atoms with Gasteiger partial charge in [-0.05, 0) is 24.3 Å². The number of pyridine rings is 1. The smallest absolute Gasteiger partial charge is 0.291 e. The fraction of sp³-hybridized carbons (Fsp3) is 0. The highest BCUT2D eigenvalue weighted by atomic mass is 35.5. The van der Waals surface area contributed by atoms with Gasteiger partial charge in [-0.15, -0.1) is 0 Å². The maximum absolute atomic E-state index is 12.6. The monoisotopic (exact) mass is 366 g/mol. The number of amides is 1. The van der Waals surface area contributed by atoms with Crippen LogP contribution in [0, 0.1) is 0 Å². The molecule has 0 aliphatic rings. The van der Waals surface area contributed by atoms with Gasteiger partial charge >= 0.3 is 0 Å². The molecule has 4 aromatic rings. The van der Waals surface area contributed by atoms with Crippen LogP contribution in [-0.2, 0) is 0 Å². The van der Waals surface area contributed by atoms with Crippen LogP contribution >= 0.6 is 11.6 Å². The number of para-hydroxylation sites is 1. The molecule has 1 amide bonds. The molecule has 0 unspecified atom stereocenters. The summed E-state index contributed by atoms with van der Waals surface area (Å²) >= 11 is 5.89. The summed E-state index contributed by atoms with van der Waals surface area (Å²) in [6.45, 7) is 0. The van der Waals surface area contributed by atoms with Crippen molar-refractivity contribution in [3.05, 3.63) is 82.1 Å². The van der Waals surface area contributed by atoms with Crippen LogP contribution in [0.1, 0.15) is 10.6 Å². The van der Waals surface area contributed by atoms with E-state index in [1.165, 1.54) is 16.9 Å². The Kier molecular flexibility index (Phi) is 3.98. The lowest BCUT2D eigenvalue weighted by atomic mass is 10.2. The summed E-state index contributed by atoms with van der Waals surface area (Å²) in [4.78, 5) is 28.9. The van der Waals surface area contributed by atoms with Gasteiger partial charge in [0.25, 0.3) is 5.91 Å². The van der Waals surface area contributed by atoms with Crippen LogP contribution in [0.4, 0.5) is 5.69 Å². The van der Waals surface area contributed by atoms with E-state index in [1.807, 2.05) is 0 Å². The molecule has 0 saturated carbocycles. The molecule has 1 N–H and O–H groups in total. The highest BCUT2D eigenvalue weighted by Crippen LogP contribution is 2.20. The number of fused-ring (bicyclic) bond motifs is 1. The lowest BCUT2D eigenvalue weighted by Crippen LogP contribution is -2.16. The molecule has 7 nitrogen and oxygen atoms in total. The summed E-state index contributed by atoms with van der Waals surface area (Å²) in [6.07, 6.45) is 4.59. The second-order valence-electron chi connectivity index (χ2n) is 5.40. The molecule has 128 valence electrons. The van der Waals surface area contributed by atoms with Crippen LogP contribution in [0.5, 0.6) is 0 Å². The van der Waals surface area contributed by atoms with Crippen LogP contribution in [0.2, 0.25) is 5.02 Å². The number of halogens is 1. The number of aromatic nitrogens is 3. The predicted molar refractivity (Wildman–Crippen MR) is 96.8 cm³/mol. The summed E-state index contributed by atoms with van der Waals surface area (Å²) in [5.74, 6) is -0.279. The number of nitrogens with one attached hydrogen (secondary N) is 1. The molecular formula is C18H11ClN4O3. The van der Waals surface area contributed by atoms with Crippen molar-refractivity contribution in [2.24, 2.45) is 0 Å². The van der Waals surface area contributed by atoms with E-state index in [2.05, 4.69) is 15.4 Å². The zero-order valence-electron chi connectivity index (χ0n) is 13.2. The zero-order chi connectivity index (χ0) is 18.1. The van der Waals surface area contributed by atoms with Crippen molar-refractivity contribution in [3.63, 3.8) is 0 Å². The Labute approximate surface area is 151 Å². The van der Waals surface area contributed by atoms with E-state index in [-0.39, 0.29) is 11.2 Å². The molecule has 0 saturated heterocycles. The largest absolute Gasteiger partial charge is 0.451 e. The Bertz CT molecular complexity index is 1180. The first-order valence-corrected chi connectivity index (χ1v) is 7.99. The predicted octanol–water partition coefficient (Wildman–Crippen LogP) is 3.28. The second-order valence-corrected chi connectivity index (χ2v) is 5.84. The van der Waals surface area contributed by atoms with E-state index >= 15 is 0 Å². The zero-order valence-corrected chi connectivity index (χ0v) is 14.0. The maximum atomic E-state index is 12.6. The first-order chi connectivity index (χ1) is 12.6. The Morgan fingerprint density at radius 3 is 2.85 bits per heavy atom. The number of rotatable bonds is 3. The van der Waals surface area contributed by atoms with Crippen LogP contribution in [-0.4, -0.2) is 20.7 Å². The molecule has 1 aromatic carbocycles. The van der Waals surface area contributed by atoms with Gasteiger partial charge in [-0.3, -0.25) is 9.59 Å². The normalized spacial score (nSPS) is 10.8. The summed E-state index contributed by atoms with van der Waals surface area (Å²) in [5, 5.41) is 7.62. The number of anilines is 1. The SMILES string of the molecule is O=C(Nc1cccnc1-n1cc(Cl)cn1)c1cc(=O)c2ccccc2o1. The van der Waals surface area contributed by atoms with Crippen molar-refractivity contribution in [1.29, 1.82) is 0 Å². The standard InChI is InChI=1S/C18H11ClN4O3/c19-11-9-21-23(10-11)17-13(5-3-7-20-17)22-18(25)16-8-14(24)12-4-1-2-6-15(12)26-16/h1-10H,(H,22,25). The van der Waals surface area contributed by atoms with E-state index < -0.39 is 5.91 Å². The third-order valence-electron chi connectivity index (χ3n) is 3.66. The molecule has 26 heavy (non-hydrogen) atoms. The van der Waals surface area contributed by atoms with Crippen molar-refractivity contribution >= 4 is 34.2 Å². The molecule has 0 aliphatic heterocycles.